The lowest BCUT2D eigenvalue weighted by Gasteiger charge is -2.15. The molecule has 0 atom stereocenters. The van der Waals surface area contributed by atoms with Crippen molar-refractivity contribution in [1.82, 2.24) is 4.90 Å². The van der Waals surface area contributed by atoms with Gasteiger partial charge in [0.2, 0.25) is 0 Å². The van der Waals surface area contributed by atoms with Crippen LogP contribution in [0.15, 0.2) is 42.5 Å². The Bertz CT molecular complexity index is 695. The smallest absolute Gasteiger partial charge is 0.261 e. The standard InChI is InChI=1S/C15H9ClINO2/c16-10-5-6-13(17)9(7-10)8-18-14(19)11-3-1-2-4-12(11)15(18)20/h1-7H,8H2. The van der Waals surface area contributed by atoms with Crippen LogP contribution in [0.1, 0.15) is 26.3 Å². The lowest BCUT2D eigenvalue weighted by molar-refractivity contribution is 0.0642. The molecule has 1 aliphatic heterocycles. The summed E-state index contributed by atoms with van der Waals surface area (Å²) in [5.74, 6) is -0.497. The average Bonchev–Trinajstić information content (AvgIpc) is 2.68. The molecule has 1 heterocycles. The first kappa shape index (κ1) is 13.6. The van der Waals surface area contributed by atoms with Crippen LogP contribution in [0.2, 0.25) is 5.02 Å². The van der Waals surface area contributed by atoms with Crippen LogP contribution in [0.4, 0.5) is 0 Å². The third-order valence-electron chi connectivity index (χ3n) is 3.21. The van der Waals surface area contributed by atoms with E-state index in [4.69, 9.17) is 11.6 Å². The van der Waals surface area contributed by atoms with E-state index in [-0.39, 0.29) is 18.4 Å². The second kappa shape index (κ2) is 5.18. The largest absolute Gasteiger partial charge is 0.270 e. The van der Waals surface area contributed by atoms with Crippen molar-refractivity contribution < 1.29 is 9.59 Å². The number of halogens is 2. The van der Waals surface area contributed by atoms with Crippen LogP contribution in [0.5, 0.6) is 0 Å². The van der Waals surface area contributed by atoms with Crippen LogP contribution in [0.3, 0.4) is 0 Å². The molecule has 1 aliphatic rings. The van der Waals surface area contributed by atoms with E-state index in [1.165, 1.54) is 4.90 Å². The van der Waals surface area contributed by atoms with Gasteiger partial charge in [0.25, 0.3) is 11.8 Å². The van der Waals surface area contributed by atoms with E-state index in [1.54, 1.807) is 36.4 Å². The second-order valence-corrected chi connectivity index (χ2v) is 6.08. The molecule has 0 unspecified atom stereocenters. The minimum Gasteiger partial charge on any atom is -0.270 e. The molecule has 0 saturated carbocycles. The molecule has 100 valence electrons. The Labute approximate surface area is 134 Å². The molecule has 0 saturated heterocycles. The molecule has 5 heteroatoms. The quantitative estimate of drug-likeness (QED) is 0.572. The van der Waals surface area contributed by atoms with E-state index >= 15 is 0 Å². The summed E-state index contributed by atoms with van der Waals surface area (Å²) in [5.41, 5.74) is 1.80. The van der Waals surface area contributed by atoms with Gasteiger partial charge in [0.15, 0.2) is 0 Å². The Morgan fingerprint density at radius 3 is 2.20 bits per heavy atom. The number of nitrogens with zero attached hydrogens (tertiary/aromatic N) is 1. The number of rotatable bonds is 2. The van der Waals surface area contributed by atoms with Crippen molar-refractivity contribution in [2.24, 2.45) is 0 Å². The van der Waals surface area contributed by atoms with Crippen molar-refractivity contribution in [3.63, 3.8) is 0 Å². The lowest BCUT2D eigenvalue weighted by atomic mass is 10.1. The van der Waals surface area contributed by atoms with Crippen molar-refractivity contribution in [3.8, 4) is 0 Å². The zero-order valence-corrected chi connectivity index (χ0v) is 13.2. The number of carbonyl (C=O) groups is 2. The first-order valence-corrected chi connectivity index (χ1v) is 7.43. The SMILES string of the molecule is O=C1c2ccccc2C(=O)N1Cc1cc(Cl)ccc1I. The number of hydrogen-bond donors (Lipinski definition) is 0. The van der Waals surface area contributed by atoms with Crippen molar-refractivity contribution >= 4 is 46.0 Å². The van der Waals surface area contributed by atoms with E-state index in [1.807, 2.05) is 6.07 Å². The van der Waals surface area contributed by atoms with Gasteiger partial charge in [-0.25, -0.2) is 0 Å². The van der Waals surface area contributed by atoms with Crippen LogP contribution in [-0.4, -0.2) is 16.7 Å². The summed E-state index contributed by atoms with van der Waals surface area (Å²) in [6.07, 6.45) is 0. The fourth-order valence-electron chi connectivity index (χ4n) is 2.22. The molecule has 2 aromatic rings. The fraction of sp³-hybridized carbons (Fsp3) is 0.0667. The van der Waals surface area contributed by atoms with E-state index in [0.29, 0.717) is 16.1 Å². The van der Waals surface area contributed by atoms with E-state index in [9.17, 15) is 9.59 Å². The third kappa shape index (κ3) is 2.23. The molecule has 2 aromatic carbocycles. The number of benzene rings is 2. The number of hydrogen-bond acceptors (Lipinski definition) is 2. The van der Waals surface area contributed by atoms with Crippen LogP contribution in [0.25, 0.3) is 0 Å². The topological polar surface area (TPSA) is 37.4 Å². The highest BCUT2D eigenvalue weighted by molar-refractivity contribution is 14.1. The Hall–Kier alpha value is -1.40. The van der Waals surface area contributed by atoms with Crippen LogP contribution >= 0.6 is 34.2 Å². The summed E-state index contributed by atoms with van der Waals surface area (Å²) in [7, 11) is 0. The number of carbonyl (C=O) groups excluding carboxylic acids is 2. The minimum atomic E-state index is -0.249. The first-order valence-electron chi connectivity index (χ1n) is 5.97. The average molecular weight is 398 g/mol. The van der Waals surface area contributed by atoms with Gasteiger partial charge in [-0.05, 0) is 58.5 Å². The third-order valence-corrected chi connectivity index (χ3v) is 4.50. The van der Waals surface area contributed by atoms with Gasteiger partial charge in [-0.1, -0.05) is 23.7 Å². The predicted molar refractivity (Wildman–Crippen MR) is 84.8 cm³/mol. The van der Waals surface area contributed by atoms with E-state index in [2.05, 4.69) is 22.6 Å². The second-order valence-electron chi connectivity index (χ2n) is 4.48. The van der Waals surface area contributed by atoms with Gasteiger partial charge in [0.05, 0.1) is 17.7 Å². The van der Waals surface area contributed by atoms with Gasteiger partial charge in [-0.2, -0.15) is 0 Å². The van der Waals surface area contributed by atoms with Gasteiger partial charge in [-0.15, -0.1) is 0 Å². The van der Waals surface area contributed by atoms with Gasteiger partial charge in [-0.3, -0.25) is 14.5 Å². The maximum absolute atomic E-state index is 12.3. The van der Waals surface area contributed by atoms with Crippen molar-refractivity contribution in [2.45, 2.75) is 6.54 Å². The lowest BCUT2D eigenvalue weighted by Crippen LogP contribution is -2.29. The monoisotopic (exact) mass is 397 g/mol. The van der Waals surface area contributed by atoms with E-state index in [0.717, 1.165) is 9.13 Å². The van der Waals surface area contributed by atoms with Gasteiger partial charge >= 0.3 is 0 Å². The summed E-state index contributed by atoms with van der Waals surface area (Å²) in [4.78, 5) is 25.8. The molecule has 20 heavy (non-hydrogen) atoms. The summed E-state index contributed by atoms with van der Waals surface area (Å²) >= 11 is 8.14. The maximum Gasteiger partial charge on any atom is 0.261 e. The Morgan fingerprint density at radius 2 is 1.60 bits per heavy atom. The molecule has 0 aromatic heterocycles. The van der Waals surface area contributed by atoms with Crippen LogP contribution in [-0.2, 0) is 6.54 Å². The highest BCUT2D eigenvalue weighted by atomic mass is 127. The zero-order valence-electron chi connectivity index (χ0n) is 10.3. The molecule has 0 aliphatic carbocycles. The summed E-state index contributed by atoms with van der Waals surface area (Å²) < 4.78 is 0.976. The van der Waals surface area contributed by atoms with Gasteiger partial charge < -0.3 is 0 Å². The maximum atomic E-state index is 12.3. The first-order chi connectivity index (χ1) is 9.58. The summed E-state index contributed by atoms with van der Waals surface area (Å²) in [6.45, 7) is 0.241. The highest BCUT2D eigenvalue weighted by Crippen LogP contribution is 2.26. The molecule has 3 rings (SSSR count). The molecule has 0 fully saturated rings. The molecule has 0 N–H and O–H groups in total. The number of fused-ring (bicyclic) bond motifs is 1. The highest BCUT2D eigenvalue weighted by Gasteiger charge is 2.35. The normalized spacial score (nSPS) is 13.8. The Kier molecular flexibility index (Phi) is 3.52. The molecule has 0 radical (unpaired) electrons. The molecular formula is C15H9ClINO2. The van der Waals surface area contributed by atoms with Crippen molar-refractivity contribution in [1.29, 1.82) is 0 Å². The van der Waals surface area contributed by atoms with Crippen molar-refractivity contribution in [2.75, 3.05) is 0 Å². The Balaban J connectivity index is 1.96. The molecule has 0 bridgehead atoms. The minimum absolute atomic E-state index is 0.241. The van der Waals surface area contributed by atoms with E-state index < -0.39 is 0 Å². The molecule has 2 amide bonds. The van der Waals surface area contributed by atoms with Gasteiger partial charge in [0, 0.05) is 8.59 Å². The number of amides is 2. The summed E-state index contributed by atoms with van der Waals surface area (Å²) in [6, 6.07) is 12.3. The predicted octanol–water partition coefficient (Wildman–Crippen LogP) is 3.74. The van der Waals surface area contributed by atoms with Gasteiger partial charge in [0.1, 0.15) is 0 Å². The summed E-state index contributed by atoms with van der Waals surface area (Å²) in [5, 5.41) is 0.594. The molecule has 3 nitrogen and oxygen atoms in total. The number of imide groups is 1. The molecular weight excluding hydrogens is 389 g/mol. The molecule has 0 spiro atoms. The van der Waals surface area contributed by atoms with Crippen molar-refractivity contribution in [3.05, 3.63) is 67.7 Å². The fourth-order valence-corrected chi connectivity index (χ4v) is 2.92. The zero-order chi connectivity index (χ0) is 14.3. The van der Waals surface area contributed by atoms with Crippen LogP contribution in [0, 0.1) is 3.57 Å². The Morgan fingerprint density at radius 1 is 1.00 bits per heavy atom. The van der Waals surface area contributed by atoms with Crippen LogP contribution < -0.4 is 0 Å².